The van der Waals surface area contributed by atoms with Crippen molar-refractivity contribution in [2.45, 2.75) is 19.3 Å². The lowest BCUT2D eigenvalue weighted by Gasteiger charge is -2.15. The van der Waals surface area contributed by atoms with Crippen LogP contribution in [0.5, 0.6) is 0 Å². The van der Waals surface area contributed by atoms with Crippen LogP contribution in [0.4, 0.5) is 0 Å². The number of carbonyl (C=O) groups excluding carboxylic acids is 1. The number of primary sulfonamides is 1. The normalized spacial score (nSPS) is 20.9. The second kappa shape index (κ2) is 5.46. The number of carboxylic acid groups (broad SMARTS) is 1. The maximum absolute atomic E-state index is 11.5. The van der Waals surface area contributed by atoms with Crippen molar-refractivity contribution in [2.75, 3.05) is 18.8 Å². The highest BCUT2D eigenvalue weighted by atomic mass is 32.2. The van der Waals surface area contributed by atoms with Crippen molar-refractivity contribution >= 4 is 21.9 Å². The molecular weight excluding hydrogens is 248 g/mol. The van der Waals surface area contributed by atoms with Crippen LogP contribution in [0.3, 0.4) is 0 Å². The number of carbonyl (C=O) groups is 2. The number of carboxylic acids is 1. The summed E-state index contributed by atoms with van der Waals surface area (Å²) in [4.78, 5) is 23.3. The first-order valence-corrected chi connectivity index (χ1v) is 6.99. The number of hydrogen-bond acceptors (Lipinski definition) is 4. The van der Waals surface area contributed by atoms with Crippen LogP contribution in [-0.4, -0.2) is 49.1 Å². The van der Waals surface area contributed by atoms with E-state index in [1.54, 1.807) is 0 Å². The van der Waals surface area contributed by atoms with Gasteiger partial charge in [0.15, 0.2) is 0 Å². The molecule has 1 aliphatic rings. The summed E-state index contributed by atoms with van der Waals surface area (Å²) in [5, 5.41) is 13.4. The van der Waals surface area contributed by atoms with Crippen LogP contribution in [0.1, 0.15) is 19.3 Å². The second-order valence-corrected chi connectivity index (χ2v) is 5.90. The molecule has 0 aliphatic carbocycles. The molecule has 0 aromatic carbocycles. The quantitative estimate of drug-likeness (QED) is 0.637. The minimum atomic E-state index is -3.56. The molecular formula is C9H16N2O5S. The number of nitrogens with two attached hydrogens (primary N) is 1. The Hall–Kier alpha value is -1.15. The summed E-state index contributed by atoms with van der Waals surface area (Å²) in [6, 6.07) is 0. The minimum Gasteiger partial charge on any atom is -0.481 e. The van der Waals surface area contributed by atoms with Crippen molar-refractivity contribution < 1.29 is 23.1 Å². The molecule has 0 spiro atoms. The van der Waals surface area contributed by atoms with Crippen molar-refractivity contribution in [3.05, 3.63) is 0 Å². The van der Waals surface area contributed by atoms with Gasteiger partial charge in [-0.25, -0.2) is 13.6 Å². The zero-order valence-electron chi connectivity index (χ0n) is 9.33. The molecule has 8 heteroatoms. The maximum Gasteiger partial charge on any atom is 0.303 e. The molecule has 1 aliphatic heterocycles. The number of sulfonamides is 1. The van der Waals surface area contributed by atoms with E-state index in [0.717, 1.165) is 0 Å². The molecule has 98 valence electrons. The lowest BCUT2D eigenvalue weighted by atomic mass is 10.1. The lowest BCUT2D eigenvalue weighted by molar-refractivity contribution is -0.137. The van der Waals surface area contributed by atoms with Crippen molar-refractivity contribution in [2.24, 2.45) is 11.1 Å². The van der Waals surface area contributed by atoms with Gasteiger partial charge in [-0.15, -0.1) is 0 Å². The molecule has 1 fully saturated rings. The Morgan fingerprint density at radius 2 is 2.18 bits per heavy atom. The Kier molecular flexibility index (Phi) is 4.47. The number of rotatable bonds is 6. The standard InChI is InChI=1S/C9H16N2O5S/c10-17(15,16)6-7-4-8(12)11(5-7)3-1-2-9(13)14/h7H,1-6H2,(H,13,14)(H2,10,15,16). The number of likely N-dealkylation sites (tertiary alicyclic amines) is 1. The average Bonchev–Trinajstić information content (AvgIpc) is 2.42. The molecule has 1 amide bonds. The van der Waals surface area contributed by atoms with Crippen LogP contribution in [0.2, 0.25) is 0 Å². The zero-order chi connectivity index (χ0) is 13.1. The predicted molar refractivity (Wildman–Crippen MR) is 59.5 cm³/mol. The van der Waals surface area contributed by atoms with Crippen molar-refractivity contribution in [1.29, 1.82) is 0 Å². The van der Waals surface area contributed by atoms with Gasteiger partial charge in [0, 0.05) is 31.8 Å². The summed E-state index contributed by atoms with van der Waals surface area (Å²) >= 11 is 0. The van der Waals surface area contributed by atoms with Gasteiger partial charge in [-0.05, 0) is 6.42 Å². The van der Waals surface area contributed by atoms with E-state index < -0.39 is 16.0 Å². The highest BCUT2D eigenvalue weighted by Crippen LogP contribution is 2.19. The van der Waals surface area contributed by atoms with Crippen LogP contribution in [0.15, 0.2) is 0 Å². The maximum atomic E-state index is 11.5. The minimum absolute atomic E-state index is 0.00361. The molecule has 0 aromatic rings. The van der Waals surface area contributed by atoms with E-state index in [-0.39, 0.29) is 30.4 Å². The molecule has 0 bridgehead atoms. The van der Waals surface area contributed by atoms with Crippen LogP contribution < -0.4 is 5.14 Å². The summed E-state index contributed by atoms with van der Waals surface area (Å²) in [5.74, 6) is -1.52. The molecule has 1 unspecified atom stereocenters. The fourth-order valence-electron chi connectivity index (χ4n) is 1.93. The average molecular weight is 264 g/mol. The number of aliphatic carboxylic acids is 1. The molecule has 3 N–H and O–H groups in total. The molecule has 7 nitrogen and oxygen atoms in total. The Balaban J connectivity index is 2.39. The van der Waals surface area contributed by atoms with Crippen molar-refractivity contribution in [3.63, 3.8) is 0 Å². The highest BCUT2D eigenvalue weighted by Gasteiger charge is 2.31. The van der Waals surface area contributed by atoms with Gasteiger partial charge >= 0.3 is 5.97 Å². The SMILES string of the molecule is NS(=O)(=O)CC1CC(=O)N(CCCC(=O)O)C1. The van der Waals surface area contributed by atoms with Gasteiger partial charge in [-0.3, -0.25) is 9.59 Å². The Morgan fingerprint density at radius 1 is 1.53 bits per heavy atom. The van der Waals surface area contributed by atoms with Gasteiger partial charge in [-0.2, -0.15) is 0 Å². The van der Waals surface area contributed by atoms with E-state index in [9.17, 15) is 18.0 Å². The summed E-state index contributed by atoms with van der Waals surface area (Å²) in [5.41, 5.74) is 0. The largest absolute Gasteiger partial charge is 0.481 e. The van der Waals surface area contributed by atoms with Gasteiger partial charge in [0.2, 0.25) is 15.9 Å². The molecule has 0 saturated carbocycles. The number of amides is 1. The third kappa shape index (κ3) is 5.14. The van der Waals surface area contributed by atoms with Gasteiger partial charge in [0.25, 0.3) is 0 Å². The Bertz CT molecular complexity index is 406. The van der Waals surface area contributed by atoms with Crippen LogP contribution in [0, 0.1) is 5.92 Å². The van der Waals surface area contributed by atoms with Crippen LogP contribution in [0.25, 0.3) is 0 Å². The third-order valence-electron chi connectivity index (χ3n) is 2.58. The van der Waals surface area contributed by atoms with Crippen molar-refractivity contribution in [1.82, 2.24) is 4.90 Å². The molecule has 0 radical (unpaired) electrons. The second-order valence-electron chi connectivity index (χ2n) is 4.24. The molecule has 1 atom stereocenters. The predicted octanol–water partition coefficient (Wildman–Crippen LogP) is -1.01. The van der Waals surface area contributed by atoms with Gasteiger partial charge in [0.05, 0.1) is 5.75 Å². The van der Waals surface area contributed by atoms with Crippen LogP contribution in [-0.2, 0) is 19.6 Å². The first-order valence-electron chi connectivity index (χ1n) is 5.28. The number of hydrogen-bond donors (Lipinski definition) is 2. The van der Waals surface area contributed by atoms with Crippen LogP contribution >= 0.6 is 0 Å². The summed E-state index contributed by atoms with van der Waals surface area (Å²) in [6.07, 6.45) is 0.552. The van der Waals surface area contributed by atoms with E-state index >= 15 is 0 Å². The molecule has 1 heterocycles. The molecule has 17 heavy (non-hydrogen) atoms. The van der Waals surface area contributed by atoms with Gasteiger partial charge < -0.3 is 10.0 Å². The molecule has 0 aromatic heterocycles. The van der Waals surface area contributed by atoms with E-state index in [1.165, 1.54) is 4.90 Å². The summed E-state index contributed by atoms with van der Waals surface area (Å²) in [7, 11) is -3.56. The first-order chi connectivity index (χ1) is 7.78. The smallest absolute Gasteiger partial charge is 0.303 e. The molecule has 1 saturated heterocycles. The Morgan fingerprint density at radius 3 is 2.71 bits per heavy atom. The fourth-order valence-corrected chi connectivity index (χ4v) is 2.81. The number of nitrogens with zero attached hydrogens (tertiary/aromatic N) is 1. The van der Waals surface area contributed by atoms with E-state index in [4.69, 9.17) is 10.2 Å². The van der Waals surface area contributed by atoms with E-state index in [1.807, 2.05) is 0 Å². The topological polar surface area (TPSA) is 118 Å². The van der Waals surface area contributed by atoms with E-state index in [0.29, 0.717) is 19.5 Å². The summed E-state index contributed by atoms with van der Waals surface area (Å²) < 4.78 is 21.7. The lowest BCUT2D eigenvalue weighted by Crippen LogP contribution is -2.28. The third-order valence-corrected chi connectivity index (χ3v) is 3.52. The zero-order valence-corrected chi connectivity index (χ0v) is 10.1. The Labute approximate surface area is 99.6 Å². The first kappa shape index (κ1) is 13.9. The monoisotopic (exact) mass is 264 g/mol. The van der Waals surface area contributed by atoms with Crippen molar-refractivity contribution in [3.8, 4) is 0 Å². The van der Waals surface area contributed by atoms with Gasteiger partial charge in [0.1, 0.15) is 0 Å². The highest BCUT2D eigenvalue weighted by molar-refractivity contribution is 7.89. The van der Waals surface area contributed by atoms with E-state index in [2.05, 4.69) is 0 Å². The molecule has 1 rings (SSSR count). The fraction of sp³-hybridized carbons (Fsp3) is 0.778. The summed E-state index contributed by atoms with van der Waals surface area (Å²) in [6.45, 7) is 0.696. The van der Waals surface area contributed by atoms with Gasteiger partial charge in [-0.1, -0.05) is 0 Å².